The number of imide groups is 1. The van der Waals surface area contributed by atoms with Gasteiger partial charge in [-0.2, -0.15) is 8.78 Å². The van der Waals surface area contributed by atoms with Gasteiger partial charge < -0.3 is 19.2 Å². The number of hydrogen-bond acceptors (Lipinski definition) is 7. The maximum atomic E-state index is 12.7. The maximum Gasteiger partial charge on any atom is 0.387 e. The van der Waals surface area contributed by atoms with E-state index in [4.69, 9.17) is 9.15 Å². The van der Waals surface area contributed by atoms with Crippen molar-refractivity contribution in [2.75, 3.05) is 11.9 Å². The van der Waals surface area contributed by atoms with Gasteiger partial charge in [-0.15, -0.1) is 0 Å². The fourth-order valence-electron chi connectivity index (χ4n) is 3.29. The number of benzene rings is 2. The maximum absolute atomic E-state index is 12.7. The number of halogens is 2. The van der Waals surface area contributed by atoms with Crippen molar-refractivity contribution in [2.45, 2.75) is 13.2 Å². The third kappa shape index (κ3) is 4.77. The molecular weight excluding hydrogens is 454 g/mol. The Bertz CT molecular complexity index is 1260. The first-order valence-corrected chi connectivity index (χ1v) is 9.87. The summed E-state index contributed by atoms with van der Waals surface area (Å²) in [6.07, 6.45) is 1.42. The third-order valence-corrected chi connectivity index (χ3v) is 4.81. The highest BCUT2D eigenvalue weighted by atomic mass is 19.3. The van der Waals surface area contributed by atoms with Crippen LogP contribution in [0.2, 0.25) is 0 Å². The van der Waals surface area contributed by atoms with E-state index in [0.717, 1.165) is 4.90 Å². The second-order valence-electron chi connectivity index (χ2n) is 7.04. The molecule has 1 aromatic heterocycles. The van der Waals surface area contributed by atoms with Crippen LogP contribution < -0.4 is 10.1 Å². The summed E-state index contributed by atoms with van der Waals surface area (Å²) < 4.78 is 39.4. The molecular formula is C23H16F2N2O7. The molecule has 0 atom stereocenters. The van der Waals surface area contributed by atoms with Crippen molar-refractivity contribution < 1.29 is 41.8 Å². The number of alkyl halides is 2. The van der Waals surface area contributed by atoms with Gasteiger partial charge >= 0.3 is 12.6 Å². The molecule has 0 fully saturated rings. The van der Waals surface area contributed by atoms with Gasteiger partial charge in [0.25, 0.3) is 17.7 Å². The van der Waals surface area contributed by atoms with E-state index in [2.05, 4.69) is 10.1 Å². The van der Waals surface area contributed by atoms with E-state index < -0.39 is 36.9 Å². The standard InChI is InChI=1S/C23H16F2N2O7/c24-23(25)34-18-6-2-1-5-17(18)26-19(28)12-33-22(31)13-7-8-15-16(10-13)21(30)27(20(15)29)11-14-4-3-9-32-14/h1-10,23H,11-12H2,(H,26,28). The smallest absolute Gasteiger partial charge is 0.387 e. The summed E-state index contributed by atoms with van der Waals surface area (Å²) in [7, 11) is 0. The molecule has 1 aliphatic heterocycles. The highest BCUT2D eigenvalue weighted by molar-refractivity contribution is 6.21. The van der Waals surface area contributed by atoms with E-state index in [1.54, 1.807) is 12.1 Å². The lowest BCUT2D eigenvalue weighted by Gasteiger charge is -2.12. The number of amides is 3. The van der Waals surface area contributed by atoms with Crippen LogP contribution in [-0.4, -0.2) is 41.8 Å². The fraction of sp³-hybridized carbons (Fsp3) is 0.130. The summed E-state index contributed by atoms with van der Waals surface area (Å²) in [5.41, 5.74) is 0.0751. The number of rotatable bonds is 8. The molecule has 9 nitrogen and oxygen atoms in total. The molecule has 1 aliphatic rings. The highest BCUT2D eigenvalue weighted by Crippen LogP contribution is 2.27. The predicted molar refractivity (Wildman–Crippen MR) is 111 cm³/mol. The molecule has 1 N–H and O–H groups in total. The second-order valence-corrected chi connectivity index (χ2v) is 7.04. The zero-order valence-corrected chi connectivity index (χ0v) is 17.3. The van der Waals surface area contributed by atoms with E-state index in [1.165, 1.54) is 48.7 Å². The van der Waals surface area contributed by atoms with Gasteiger partial charge in [-0.3, -0.25) is 19.3 Å². The average Bonchev–Trinajstić information content (AvgIpc) is 3.41. The van der Waals surface area contributed by atoms with Crippen LogP contribution >= 0.6 is 0 Å². The van der Waals surface area contributed by atoms with Crippen LogP contribution in [0.1, 0.15) is 36.8 Å². The average molecular weight is 470 g/mol. The Hall–Kier alpha value is -4.54. The first kappa shape index (κ1) is 22.6. The van der Waals surface area contributed by atoms with Crippen LogP contribution in [0.3, 0.4) is 0 Å². The molecule has 11 heteroatoms. The summed E-state index contributed by atoms with van der Waals surface area (Å²) in [6.45, 7) is -3.87. The number of nitrogens with zero attached hydrogens (tertiary/aromatic N) is 1. The highest BCUT2D eigenvalue weighted by Gasteiger charge is 2.36. The lowest BCUT2D eigenvalue weighted by atomic mass is 10.1. The SMILES string of the molecule is O=C(COC(=O)c1ccc2c(c1)C(=O)N(Cc1ccco1)C2=O)Nc1ccccc1OC(F)F. The molecule has 0 saturated heterocycles. The van der Waals surface area contributed by atoms with Crippen LogP contribution in [0, 0.1) is 0 Å². The van der Waals surface area contributed by atoms with Gasteiger partial charge in [0.15, 0.2) is 6.61 Å². The van der Waals surface area contributed by atoms with E-state index in [1.807, 2.05) is 0 Å². The predicted octanol–water partition coefficient (Wildman–Crippen LogP) is 3.47. The van der Waals surface area contributed by atoms with Crippen LogP contribution in [0.4, 0.5) is 14.5 Å². The van der Waals surface area contributed by atoms with E-state index in [0.29, 0.717) is 5.76 Å². The van der Waals surface area contributed by atoms with Crippen molar-refractivity contribution in [3.05, 3.63) is 83.3 Å². The van der Waals surface area contributed by atoms with Gasteiger partial charge in [-0.25, -0.2) is 4.79 Å². The summed E-state index contributed by atoms with van der Waals surface area (Å²) in [4.78, 5) is 50.7. The number of para-hydroxylation sites is 2. The zero-order valence-electron chi connectivity index (χ0n) is 17.3. The van der Waals surface area contributed by atoms with E-state index in [9.17, 15) is 28.0 Å². The van der Waals surface area contributed by atoms with Gasteiger partial charge in [0, 0.05) is 0 Å². The fourth-order valence-corrected chi connectivity index (χ4v) is 3.29. The molecule has 0 unspecified atom stereocenters. The Morgan fingerprint density at radius 1 is 1.00 bits per heavy atom. The molecule has 0 saturated carbocycles. The van der Waals surface area contributed by atoms with Crippen LogP contribution in [0.5, 0.6) is 5.75 Å². The Morgan fingerprint density at radius 3 is 2.50 bits per heavy atom. The lowest BCUT2D eigenvalue weighted by molar-refractivity contribution is -0.119. The van der Waals surface area contributed by atoms with Gasteiger partial charge in [0.1, 0.15) is 11.5 Å². The Balaban J connectivity index is 1.39. The molecule has 4 rings (SSSR count). The number of carbonyl (C=O) groups is 4. The molecule has 174 valence electrons. The van der Waals surface area contributed by atoms with Crippen LogP contribution in [-0.2, 0) is 16.1 Å². The molecule has 0 bridgehead atoms. The third-order valence-electron chi connectivity index (χ3n) is 4.81. The van der Waals surface area contributed by atoms with Crippen molar-refractivity contribution in [1.29, 1.82) is 0 Å². The summed E-state index contributed by atoms with van der Waals surface area (Å²) in [5, 5.41) is 2.32. The number of ether oxygens (including phenoxy) is 2. The van der Waals surface area contributed by atoms with Crippen molar-refractivity contribution in [3.63, 3.8) is 0 Å². The van der Waals surface area contributed by atoms with E-state index in [-0.39, 0.29) is 34.7 Å². The van der Waals surface area contributed by atoms with Crippen molar-refractivity contribution in [3.8, 4) is 5.75 Å². The van der Waals surface area contributed by atoms with Gasteiger partial charge in [-0.05, 0) is 42.5 Å². The summed E-state index contributed by atoms with van der Waals surface area (Å²) >= 11 is 0. The Morgan fingerprint density at radius 2 is 1.76 bits per heavy atom. The minimum atomic E-state index is -3.08. The quantitative estimate of drug-likeness (QED) is 0.396. The minimum absolute atomic E-state index is 0.0218. The summed E-state index contributed by atoms with van der Waals surface area (Å²) in [5.74, 6) is -2.67. The number of hydrogen-bond donors (Lipinski definition) is 1. The number of esters is 1. The van der Waals surface area contributed by atoms with Gasteiger partial charge in [0.05, 0.1) is 35.2 Å². The van der Waals surface area contributed by atoms with Crippen molar-refractivity contribution in [2.24, 2.45) is 0 Å². The molecule has 2 heterocycles. The lowest BCUT2D eigenvalue weighted by Crippen LogP contribution is -2.28. The molecule has 3 amide bonds. The number of anilines is 1. The zero-order chi connectivity index (χ0) is 24.2. The largest absolute Gasteiger partial charge is 0.467 e. The van der Waals surface area contributed by atoms with Crippen LogP contribution in [0.25, 0.3) is 0 Å². The normalized spacial score (nSPS) is 12.6. The Kier molecular flexibility index (Phi) is 6.35. The number of carbonyl (C=O) groups excluding carboxylic acids is 4. The number of fused-ring (bicyclic) bond motifs is 1. The minimum Gasteiger partial charge on any atom is -0.467 e. The van der Waals surface area contributed by atoms with Crippen molar-refractivity contribution in [1.82, 2.24) is 4.90 Å². The molecule has 0 radical (unpaired) electrons. The monoisotopic (exact) mass is 470 g/mol. The van der Waals surface area contributed by atoms with Crippen LogP contribution in [0.15, 0.2) is 65.3 Å². The molecule has 34 heavy (non-hydrogen) atoms. The number of furan rings is 1. The Labute approximate surface area is 190 Å². The van der Waals surface area contributed by atoms with E-state index >= 15 is 0 Å². The first-order chi connectivity index (χ1) is 16.3. The second kappa shape index (κ2) is 9.53. The molecule has 3 aromatic rings. The molecule has 0 spiro atoms. The first-order valence-electron chi connectivity index (χ1n) is 9.87. The number of nitrogens with one attached hydrogen (secondary N) is 1. The molecule has 0 aliphatic carbocycles. The summed E-state index contributed by atoms with van der Waals surface area (Å²) in [6, 6.07) is 12.6. The topological polar surface area (TPSA) is 115 Å². The van der Waals surface area contributed by atoms with Crippen molar-refractivity contribution >= 4 is 29.4 Å². The van der Waals surface area contributed by atoms with Gasteiger partial charge in [0.2, 0.25) is 0 Å². The molecule has 2 aromatic carbocycles. The van der Waals surface area contributed by atoms with Gasteiger partial charge in [-0.1, -0.05) is 12.1 Å².